The van der Waals surface area contributed by atoms with Gasteiger partial charge in [0, 0.05) is 0 Å². The standard InChI is InChI=1S/C11H17NO2/c1-4-14-10(12-13)11(3)7-5-9(2)6-8-11/h5-7,13H,4,8H2,1-3H3. The van der Waals surface area contributed by atoms with Crippen molar-refractivity contribution in [2.75, 3.05) is 6.61 Å². The van der Waals surface area contributed by atoms with Crippen molar-refractivity contribution in [3.05, 3.63) is 23.8 Å². The Balaban J connectivity index is 2.81. The Bertz CT molecular complexity index is 292. The van der Waals surface area contributed by atoms with Gasteiger partial charge >= 0.3 is 0 Å². The van der Waals surface area contributed by atoms with Crippen molar-refractivity contribution < 1.29 is 9.94 Å². The third kappa shape index (κ3) is 2.16. The molecule has 0 fully saturated rings. The van der Waals surface area contributed by atoms with Crippen LogP contribution in [0.5, 0.6) is 0 Å². The summed E-state index contributed by atoms with van der Waals surface area (Å²) in [5, 5.41) is 12.1. The van der Waals surface area contributed by atoms with Crippen LogP contribution < -0.4 is 0 Å². The molecule has 0 saturated carbocycles. The number of allylic oxidation sites excluding steroid dienone is 3. The zero-order valence-corrected chi connectivity index (χ0v) is 8.95. The molecule has 0 radical (unpaired) electrons. The molecule has 3 nitrogen and oxygen atoms in total. The number of hydrogen-bond acceptors (Lipinski definition) is 3. The fourth-order valence-corrected chi connectivity index (χ4v) is 1.43. The topological polar surface area (TPSA) is 41.8 Å². The molecule has 1 rings (SSSR count). The highest BCUT2D eigenvalue weighted by Crippen LogP contribution is 2.31. The fourth-order valence-electron chi connectivity index (χ4n) is 1.43. The van der Waals surface area contributed by atoms with E-state index in [4.69, 9.17) is 9.94 Å². The number of ether oxygens (including phenoxy) is 1. The van der Waals surface area contributed by atoms with Gasteiger partial charge in [0.05, 0.1) is 12.0 Å². The summed E-state index contributed by atoms with van der Waals surface area (Å²) in [4.78, 5) is 0. The van der Waals surface area contributed by atoms with E-state index in [9.17, 15) is 0 Å². The quantitative estimate of drug-likeness (QED) is 0.318. The number of hydrogen-bond donors (Lipinski definition) is 1. The molecule has 0 spiro atoms. The minimum absolute atomic E-state index is 0.301. The molecule has 0 bridgehead atoms. The lowest BCUT2D eigenvalue weighted by molar-refractivity contribution is 0.233. The summed E-state index contributed by atoms with van der Waals surface area (Å²) in [6.07, 6.45) is 6.97. The Hall–Kier alpha value is -1.25. The minimum Gasteiger partial charge on any atom is -0.478 e. The Morgan fingerprint density at radius 2 is 2.43 bits per heavy atom. The van der Waals surface area contributed by atoms with E-state index in [-0.39, 0.29) is 5.41 Å². The maximum Gasteiger partial charge on any atom is 0.235 e. The number of nitrogens with zero attached hydrogens (tertiary/aromatic N) is 1. The van der Waals surface area contributed by atoms with Crippen LogP contribution in [0.4, 0.5) is 0 Å². The molecule has 1 unspecified atom stereocenters. The van der Waals surface area contributed by atoms with Crippen molar-refractivity contribution >= 4 is 5.90 Å². The third-order valence-corrected chi connectivity index (χ3v) is 2.42. The summed E-state index contributed by atoms with van der Waals surface area (Å²) in [5.41, 5.74) is 0.931. The van der Waals surface area contributed by atoms with E-state index in [2.05, 4.69) is 11.2 Å². The molecule has 0 aromatic rings. The van der Waals surface area contributed by atoms with E-state index in [1.54, 1.807) is 0 Å². The molecule has 14 heavy (non-hydrogen) atoms. The summed E-state index contributed by atoms with van der Waals surface area (Å²) in [7, 11) is 0. The summed E-state index contributed by atoms with van der Waals surface area (Å²) in [6.45, 7) is 6.44. The lowest BCUT2D eigenvalue weighted by atomic mass is 9.82. The van der Waals surface area contributed by atoms with Gasteiger partial charge in [-0.15, -0.1) is 0 Å². The molecule has 0 aliphatic heterocycles. The predicted molar refractivity (Wildman–Crippen MR) is 56.5 cm³/mol. The first-order valence-electron chi connectivity index (χ1n) is 4.83. The van der Waals surface area contributed by atoms with Gasteiger partial charge in [-0.25, -0.2) is 0 Å². The van der Waals surface area contributed by atoms with Gasteiger partial charge in [0.1, 0.15) is 0 Å². The zero-order chi connectivity index (χ0) is 10.6. The normalized spacial score (nSPS) is 27.4. The van der Waals surface area contributed by atoms with Crippen LogP contribution in [0.3, 0.4) is 0 Å². The second-order valence-corrected chi connectivity index (χ2v) is 3.74. The SMILES string of the molecule is CCOC(=NO)C1(C)C=CC(C)=CC1. The van der Waals surface area contributed by atoms with E-state index in [0.717, 1.165) is 6.42 Å². The van der Waals surface area contributed by atoms with Crippen molar-refractivity contribution in [3.8, 4) is 0 Å². The zero-order valence-electron chi connectivity index (χ0n) is 8.95. The van der Waals surface area contributed by atoms with Crippen LogP contribution in [0.25, 0.3) is 0 Å². The third-order valence-electron chi connectivity index (χ3n) is 2.42. The minimum atomic E-state index is -0.301. The Kier molecular flexibility index (Phi) is 3.33. The smallest absolute Gasteiger partial charge is 0.235 e. The van der Waals surface area contributed by atoms with Crippen LogP contribution in [0.15, 0.2) is 29.0 Å². The monoisotopic (exact) mass is 195 g/mol. The lowest BCUT2D eigenvalue weighted by Crippen LogP contribution is -2.29. The Labute approximate surface area is 84.8 Å². The van der Waals surface area contributed by atoms with Crippen LogP contribution in [-0.4, -0.2) is 17.7 Å². The first-order chi connectivity index (χ1) is 6.62. The molecular weight excluding hydrogens is 178 g/mol. The van der Waals surface area contributed by atoms with Crippen molar-refractivity contribution in [1.29, 1.82) is 0 Å². The molecule has 3 heteroatoms. The van der Waals surface area contributed by atoms with Gasteiger partial charge in [-0.05, 0) is 27.2 Å². The van der Waals surface area contributed by atoms with Crippen molar-refractivity contribution in [3.63, 3.8) is 0 Å². The van der Waals surface area contributed by atoms with Crippen LogP contribution in [0.1, 0.15) is 27.2 Å². The largest absolute Gasteiger partial charge is 0.478 e. The maximum absolute atomic E-state index is 8.85. The number of oxime groups is 1. The lowest BCUT2D eigenvalue weighted by Gasteiger charge is -2.27. The highest BCUT2D eigenvalue weighted by Gasteiger charge is 2.30. The fraction of sp³-hybridized carbons (Fsp3) is 0.545. The van der Waals surface area contributed by atoms with Crippen LogP contribution in [-0.2, 0) is 4.74 Å². The molecule has 1 aliphatic rings. The number of rotatable bonds is 2. The first kappa shape index (κ1) is 10.8. The van der Waals surface area contributed by atoms with Crippen molar-refractivity contribution in [2.24, 2.45) is 10.6 Å². The first-order valence-corrected chi connectivity index (χ1v) is 4.83. The summed E-state index contributed by atoms with van der Waals surface area (Å²) < 4.78 is 5.29. The highest BCUT2D eigenvalue weighted by atomic mass is 16.5. The molecule has 0 amide bonds. The molecule has 1 N–H and O–H groups in total. The average Bonchev–Trinajstić information content (AvgIpc) is 2.19. The Morgan fingerprint density at radius 1 is 1.71 bits per heavy atom. The second kappa shape index (κ2) is 4.31. The summed E-state index contributed by atoms with van der Waals surface area (Å²) in [5.74, 6) is 0.389. The van der Waals surface area contributed by atoms with E-state index in [1.165, 1.54) is 5.57 Å². The van der Waals surface area contributed by atoms with E-state index >= 15 is 0 Å². The van der Waals surface area contributed by atoms with E-state index < -0.39 is 0 Å². The van der Waals surface area contributed by atoms with Crippen molar-refractivity contribution in [2.45, 2.75) is 27.2 Å². The molecule has 1 atom stereocenters. The molecular formula is C11H17NO2. The maximum atomic E-state index is 8.85. The van der Waals surface area contributed by atoms with E-state index in [1.807, 2.05) is 32.9 Å². The summed E-state index contributed by atoms with van der Waals surface area (Å²) >= 11 is 0. The van der Waals surface area contributed by atoms with Gasteiger partial charge in [-0.3, -0.25) is 0 Å². The van der Waals surface area contributed by atoms with Crippen LogP contribution in [0, 0.1) is 5.41 Å². The van der Waals surface area contributed by atoms with Gasteiger partial charge in [0.15, 0.2) is 0 Å². The average molecular weight is 195 g/mol. The molecule has 1 aliphatic carbocycles. The Morgan fingerprint density at radius 3 is 2.86 bits per heavy atom. The predicted octanol–water partition coefficient (Wildman–Crippen LogP) is 2.72. The molecule has 0 saturated heterocycles. The second-order valence-electron chi connectivity index (χ2n) is 3.74. The van der Waals surface area contributed by atoms with Crippen LogP contribution >= 0.6 is 0 Å². The molecule has 0 aromatic heterocycles. The van der Waals surface area contributed by atoms with Gasteiger partial charge < -0.3 is 9.94 Å². The van der Waals surface area contributed by atoms with Crippen LogP contribution in [0.2, 0.25) is 0 Å². The summed E-state index contributed by atoms with van der Waals surface area (Å²) in [6, 6.07) is 0. The van der Waals surface area contributed by atoms with Gasteiger partial charge in [-0.2, -0.15) is 0 Å². The highest BCUT2D eigenvalue weighted by molar-refractivity contribution is 5.84. The van der Waals surface area contributed by atoms with Gasteiger partial charge in [-0.1, -0.05) is 29.0 Å². The molecule has 78 valence electrons. The molecule has 0 heterocycles. The van der Waals surface area contributed by atoms with Gasteiger partial charge in [0.25, 0.3) is 0 Å². The van der Waals surface area contributed by atoms with Gasteiger partial charge in [0.2, 0.25) is 5.90 Å². The molecule has 0 aromatic carbocycles. The van der Waals surface area contributed by atoms with E-state index in [0.29, 0.717) is 12.5 Å². The van der Waals surface area contributed by atoms with Crippen molar-refractivity contribution in [1.82, 2.24) is 0 Å².